The fourth-order valence-corrected chi connectivity index (χ4v) is 3.35. The maximum Gasteiger partial charge on any atom is 0.194 e. The molecular weight excluding hydrogens is 322 g/mol. The van der Waals surface area contributed by atoms with E-state index in [4.69, 9.17) is 4.99 Å². The number of pyridine rings is 1. The van der Waals surface area contributed by atoms with Gasteiger partial charge in [0.15, 0.2) is 5.96 Å². The molecule has 0 spiro atoms. The van der Waals surface area contributed by atoms with Crippen molar-refractivity contribution in [1.29, 1.82) is 0 Å². The molecule has 0 bridgehead atoms. The Hall–Kier alpha value is -2.56. The Kier molecular flexibility index (Phi) is 6.10. The smallest absolute Gasteiger partial charge is 0.194 e. The zero-order valence-corrected chi connectivity index (χ0v) is 16.0. The fourth-order valence-electron chi connectivity index (χ4n) is 3.35. The summed E-state index contributed by atoms with van der Waals surface area (Å²) in [6.07, 6.45) is 3.03. The molecule has 0 saturated carbocycles. The first-order valence-corrected chi connectivity index (χ1v) is 9.38. The molecular formula is C21H29N5. The van der Waals surface area contributed by atoms with Crippen molar-refractivity contribution in [2.24, 2.45) is 4.99 Å². The zero-order chi connectivity index (χ0) is 18.4. The molecule has 5 nitrogen and oxygen atoms in total. The molecule has 0 aliphatic carbocycles. The average molecular weight is 351 g/mol. The highest BCUT2D eigenvalue weighted by Crippen LogP contribution is 2.27. The lowest BCUT2D eigenvalue weighted by molar-refractivity contribution is 0.486. The highest BCUT2D eigenvalue weighted by Gasteiger charge is 2.25. The van der Waals surface area contributed by atoms with Gasteiger partial charge in [0, 0.05) is 45.8 Å². The van der Waals surface area contributed by atoms with Crippen molar-refractivity contribution in [2.45, 2.75) is 25.8 Å². The minimum Gasteiger partial charge on any atom is -0.363 e. The number of guanidine groups is 1. The Balaban J connectivity index is 1.69. The van der Waals surface area contributed by atoms with Gasteiger partial charge in [-0.2, -0.15) is 0 Å². The number of hydrogen-bond donors (Lipinski definition) is 1. The van der Waals surface area contributed by atoms with Crippen LogP contribution in [0.4, 0.5) is 5.82 Å². The van der Waals surface area contributed by atoms with Crippen LogP contribution in [0.25, 0.3) is 0 Å². The first-order chi connectivity index (χ1) is 12.7. The molecule has 1 aromatic heterocycles. The van der Waals surface area contributed by atoms with Crippen LogP contribution in [-0.4, -0.2) is 49.6 Å². The van der Waals surface area contributed by atoms with Gasteiger partial charge < -0.3 is 15.1 Å². The van der Waals surface area contributed by atoms with Gasteiger partial charge in [-0.05, 0) is 36.6 Å². The van der Waals surface area contributed by atoms with Crippen molar-refractivity contribution >= 4 is 11.8 Å². The van der Waals surface area contributed by atoms with Crippen LogP contribution in [0.15, 0.2) is 53.7 Å². The van der Waals surface area contributed by atoms with Crippen LogP contribution >= 0.6 is 0 Å². The summed E-state index contributed by atoms with van der Waals surface area (Å²) in [5.74, 6) is 2.56. The minimum atomic E-state index is 0.585. The molecule has 1 aromatic carbocycles. The van der Waals surface area contributed by atoms with Crippen LogP contribution in [0.2, 0.25) is 0 Å². The summed E-state index contributed by atoms with van der Waals surface area (Å²) < 4.78 is 0. The van der Waals surface area contributed by atoms with Gasteiger partial charge in [0.1, 0.15) is 5.82 Å². The number of hydrogen-bond acceptors (Lipinski definition) is 3. The van der Waals surface area contributed by atoms with Crippen LogP contribution in [0, 0.1) is 0 Å². The summed E-state index contributed by atoms with van der Waals surface area (Å²) in [4.78, 5) is 13.7. The van der Waals surface area contributed by atoms with Gasteiger partial charge in [0.05, 0.1) is 6.54 Å². The SMILES string of the molecule is CCNC(=NCc1ccnc(N(C)C)c1)N1CCC(c2ccccc2)C1. The van der Waals surface area contributed by atoms with Gasteiger partial charge in [-0.15, -0.1) is 0 Å². The second kappa shape index (κ2) is 8.70. The molecule has 3 rings (SSSR count). The third-order valence-corrected chi connectivity index (χ3v) is 4.77. The van der Waals surface area contributed by atoms with E-state index in [0.717, 1.165) is 31.4 Å². The molecule has 0 amide bonds. The first kappa shape index (κ1) is 18.2. The molecule has 1 aliphatic rings. The third-order valence-electron chi connectivity index (χ3n) is 4.77. The molecule has 2 heterocycles. The van der Waals surface area contributed by atoms with Crippen molar-refractivity contribution in [1.82, 2.24) is 15.2 Å². The minimum absolute atomic E-state index is 0.585. The standard InChI is InChI=1S/C21H29N5/c1-4-22-21(24-15-17-10-12-23-20(14-17)25(2)3)26-13-11-19(16-26)18-8-6-5-7-9-18/h5-10,12,14,19H,4,11,13,15-16H2,1-3H3,(H,22,24). The highest BCUT2D eigenvalue weighted by atomic mass is 15.3. The number of rotatable bonds is 5. The van der Waals surface area contributed by atoms with Crippen LogP contribution in [0.3, 0.4) is 0 Å². The predicted molar refractivity (Wildman–Crippen MR) is 109 cm³/mol. The van der Waals surface area contributed by atoms with Crippen molar-refractivity contribution in [3.05, 3.63) is 59.8 Å². The van der Waals surface area contributed by atoms with Gasteiger partial charge in [0.25, 0.3) is 0 Å². The van der Waals surface area contributed by atoms with E-state index in [1.807, 2.05) is 31.3 Å². The number of likely N-dealkylation sites (tertiary alicyclic amines) is 1. The van der Waals surface area contributed by atoms with E-state index >= 15 is 0 Å². The largest absolute Gasteiger partial charge is 0.363 e. The fraction of sp³-hybridized carbons (Fsp3) is 0.429. The lowest BCUT2D eigenvalue weighted by atomic mass is 9.99. The summed E-state index contributed by atoms with van der Waals surface area (Å²) in [6, 6.07) is 14.9. The predicted octanol–water partition coefficient (Wildman–Crippen LogP) is 3.10. The average Bonchev–Trinajstić information content (AvgIpc) is 3.16. The molecule has 1 saturated heterocycles. The van der Waals surface area contributed by atoms with Crippen molar-refractivity contribution in [3.8, 4) is 0 Å². The Morgan fingerprint density at radius 2 is 2.08 bits per heavy atom. The first-order valence-electron chi connectivity index (χ1n) is 9.38. The molecule has 1 aliphatic heterocycles. The van der Waals surface area contributed by atoms with E-state index in [9.17, 15) is 0 Å². The molecule has 1 fully saturated rings. The van der Waals surface area contributed by atoms with Gasteiger partial charge in [-0.1, -0.05) is 30.3 Å². The number of nitrogens with one attached hydrogen (secondary N) is 1. The Morgan fingerprint density at radius 3 is 2.81 bits per heavy atom. The Bertz CT molecular complexity index is 726. The zero-order valence-electron chi connectivity index (χ0n) is 16.0. The van der Waals surface area contributed by atoms with Crippen molar-refractivity contribution in [2.75, 3.05) is 38.6 Å². The molecule has 26 heavy (non-hydrogen) atoms. The van der Waals surface area contributed by atoms with Gasteiger partial charge >= 0.3 is 0 Å². The molecule has 5 heteroatoms. The number of benzene rings is 1. The van der Waals surface area contributed by atoms with Crippen molar-refractivity contribution < 1.29 is 0 Å². The van der Waals surface area contributed by atoms with E-state index < -0.39 is 0 Å². The van der Waals surface area contributed by atoms with Gasteiger partial charge in [0.2, 0.25) is 0 Å². The third kappa shape index (κ3) is 4.54. The van der Waals surface area contributed by atoms with E-state index in [1.165, 1.54) is 17.5 Å². The molecule has 1 N–H and O–H groups in total. The van der Waals surface area contributed by atoms with Crippen molar-refractivity contribution in [3.63, 3.8) is 0 Å². The van der Waals surface area contributed by atoms with Crippen LogP contribution < -0.4 is 10.2 Å². The Labute approximate surface area is 156 Å². The van der Waals surface area contributed by atoms with E-state index in [1.54, 1.807) is 0 Å². The lowest BCUT2D eigenvalue weighted by Gasteiger charge is -2.22. The highest BCUT2D eigenvalue weighted by molar-refractivity contribution is 5.80. The quantitative estimate of drug-likeness (QED) is 0.664. The summed E-state index contributed by atoms with van der Waals surface area (Å²) >= 11 is 0. The molecule has 0 radical (unpaired) electrons. The van der Waals surface area contributed by atoms with E-state index in [-0.39, 0.29) is 0 Å². The van der Waals surface area contributed by atoms with Gasteiger partial charge in [-0.25, -0.2) is 9.98 Å². The second-order valence-corrected chi connectivity index (χ2v) is 6.93. The molecule has 1 unspecified atom stereocenters. The number of aromatic nitrogens is 1. The summed E-state index contributed by atoms with van der Waals surface area (Å²) in [5.41, 5.74) is 2.61. The van der Waals surface area contributed by atoms with E-state index in [0.29, 0.717) is 12.5 Å². The number of nitrogens with zero attached hydrogens (tertiary/aromatic N) is 4. The molecule has 1 atom stereocenters. The van der Waals surface area contributed by atoms with Gasteiger partial charge in [-0.3, -0.25) is 0 Å². The molecule has 2 aromatic rings. The van der Waals surface area contributed by atoms with Crippen LogP contribution in [-0.2, 0) is 6.54 Å². The topological polar surface area (TPSA) is 43.8 Å². The van der Waals surface area contributed by atoms with Crippen LogP contribution in [0.5, 0.6) is 0 Å². The summed E-state index contributed by atoms with van der Waals surface area (Å²) in [7, 11) is 4.01. The second-order valence-electron chi connectivity index (χ2n) is 6.93. The van der Waals surface area contributed by atoms with Crippen LogP contribution in [0.1, 0.15) is 30.4 Å². The number of aliphatic imine (C=N–C) groups is 1. The number of anilines is 1. The summed E-state index contributed by atoms with van der Waals surface area (Å²) in [6.45, 7) is 5.74. The maximum absolute atomic E-state index is 4.88. The lowest BCUT2D eigenvalue weighted by Crippen LogP contribution is -2.40. The monoisotopic (exact) mass is 351 g/mol. The summed E-state index contributed by atoms with van der Waals surface area (Å²) in [5, 5.41) is 3.45. The Morgan fingerprint density at radius 1 is 1.27 bits per heavy atom. The molecule has 138 valence electrons. The maximum atomic E-state index is 4.88. The van der Waals surface area contributed by atoms with E-state index in [2.05, 4.69) is 58.5 Å². The normalized spacial score (nSPS) is 17.4.